The molecule has 0 unspecified atom stereocenters. The van der Waals surface area contributed by atoms with Crippen LogP contribution >= 0.6 is 0 Å². The third-order valence-corrected chi connectivity index (χ3v) is 3.65. The highest BCUT2D eigenvalue weighted by Gasteiger charge is 2.32. The molecule has 23 heavy (non-hydrogen) atoms. The fourth-order valence-corrected chi connectivity index (χ4v) is 2.45. The van der Waals surface area contributed by atoms with Crippen LogP contribution in [0.4, 0.5) is 30.6 Å². The summed E-state index contributed by atoms with van der Waals surface area (Å²) in [4.78, 5) is 18.9. The zero-order valence-electron chi connectivity index (χ0n) is 12.2. The van der Waals surface area contributed by atoms with Gasteiger partial charge in [0.2, 0.25) is 11.8 Å². The van der Waals surface area contributed by atoms with Gasteiger partial charge in [-0.25, -0.2) is 4.98 Å². The summed E-state index contributed by atoms with van der Waals surface area (Å²) in [5.74, 6) is 0.137. The molecule has 0 radical (unpaired) electrons. The molecule has 2 rings (SSSR count). The topological polar surface area (TPSA) is 110 Å². The average Bonchev–Trinajstić information content (AvgIpc) is 2.44. The van der Waals surface area contributed by atoms with E-state index in [1.54, 1.807) is 0 Å². The quantitative estimate of drug-likeness (QED) is 0.622. The highest BCUT2D eigenvalue weighted by molar-refractivity contribution is 5.53. The summed E-state index contributed by atoms with van der Waals surface area (Å²) in [5, 5.41) is 13.5. The van der Waals surface area contributed by atoms with Crippen molar-refractivity contribution in [3.63, 3.8) is 0 Å². The molecule has 0 spiro atoms. The predicted molar refractivity (Wildman–Crippen MR) is 76.8 cm³/mol. The maximum Gasteiger partial charge on any atom is 0.401 e. The highest BCUT2D eigenvalue weighted by atomic mass is 19.4. The molecule has 1 aliphatic heterocycles. The summed E-state index contributed by atoms with van der Waals surface area (Å²) < 4.78 is 36.9. The first kappa shape index (κ1) is 17.2. The maximum absolute atomic E-state index is 12.3. The lowest BCUT2D eigenvalue weighted by molar-refractivity contribution is -0.384. The number of aromatic nitrogens is 2. The smallest absolute Gasteiger partial charge is 0.378 e. The normalized spacial score (nSPS) is 17.2. The van der Waals surface area contributed by atoms with Gasteiger partial charge in [-0.2, -0.15) is 18.2 Å². The molecule has 8 nitrogen and oxygen atoms in total. The predicted octanol–water partition coefficient (Wildman–Crippen LogP) is 1.65. The van der Waals surface area contributed by atoms with Crippen LogP contribution in [0.2, 0.25) is 0 Å². The summed E-state index contributed by atoms with van der Waals surface area (Å²) in [7, 11) is 0. The lowest BCUT2D eigenvalue weighted by Gasteiger charge is -2.32. The van der Waals surface area contributed by atoms with Crippen LogP contribution in [0.5, 0.6) is 0 Å². The fraction of sp³-hybridized carbons (Fsp3) is 0.667. The molecule has 0 amide bonds. The molecule has 1 aliphatic rings. The molecule has 1 fully saturated rings. The van der Waals surface area contributed by atoms with Crippen LogP contribution in [0.25, 0.3) is 0 Å². The van der Waals surface area contributed by atoms with Crippen LogP contribution in [0, 0.1) is 16.0 Å². The Labute approximate surface area is 130 Å². The Bertz CT molecular complexity index is 560. The number of nitrogen functional groups attached to an aromatic ring is 1. The van der Waals surface area contributed by atoms with Crippen LogP contribution in [-0.2, 0) is 0 Å². The molecule has 0 saturated carbocycles. The van der Waals surface area contributed by atoms with Crippen LogP contribution in [-0.4, -0.2) is 52.1 Å². The Balaban J connectivity index is 1.79. The second-order valence-electron chi connectivity index (χ2n) is 5.44. The van der Waals surface area contributed by atoms with Crippen molar-refractivity contribution in [2.75, 3.05) is 37.2 Å². The highest BCUT2D eigenvalue weighted by Crippen LogP contribution is 2.23. The Morgan fingerprint density at radius 3 is 2.61 bits per heavy atom. The van der Waals surface area contributed by atoms with E-state index >= 15 is 0 Å². The van der Waals surface area contributed by atoms with E-state index in [4.69, 9.17) is 5.73 Å². The molecule has 0 aromatic carbocycles. The van der Waals surface area contributed by atoms with E-state index in [1.807, 2.05) is 0 Å². The summed E-state index contributed by atoms with van der Waals surface area (Å²) >= 11 is 0. The largest absolute Gasteiger partial charge is 0.401 e. The summed E-state index contributed by atoms with van der Waals surface area (Å²) in [6.45, 7) is 0.372. The van der Waals surface area contributed by atoms with Crippen molar-refractivity contribution in [1.29, 1.82) is 0 Å². The number of nitrogens with one attached hydrogen (secondary N) is 1. The first-order valence-electron chi connectivity index (χ1n) is 7.04. The minimum Gasteiger partial charge on any atom is -0.378 e. The van der Waals surface area contributed by atoms with Gasteiger partial charge in [0.15, 0.2) is 0 Å². The Kier molecular flexibility index (Phi) is 5.19. The van der Waals surface area contributed by atoms with E-state index in [9.17, 15) is 23.3 Å². The number of nitrogens with two attached hydrogens (primary N) is 1. The van der Waals surface area contributed by atoms with Crippen molar-refractivity contribution in [1.82, 2.24) is 14.9 Å². The molecule has 1 aromatic rings. The van der Waals surface area contributed by atoms with Crippen molar-refractivity contribution in [3.8, 4) is 0 Å². The maximum atomic E-state index is 12.3. The van der Waals surface area contributed by atoms with Gasteiger partial charge in [0.05, 0.1) is 11.5 Å². The van der Waals surface area contributed by atoms with Crippen molar-refractivity contribution in [2.45, 2.75) is 19.0 Å². The SMILES string of the molecule is Nc1nc(NCC2CCN(CC(F)(F)F)CC2)ncc1[N+](=O)[O-]. The van der Waals surface area contributed by atoms with E-state index in [0.717, 1.165) is 6.20 Å². The van der Waals surface area contributed by atoms with Crippen molar-refractivity contribution in [3.05, 3.63) is 16.3 Å². The first-order valence-corrected chi connectivity index (χ1v) is 7.04. The van der Waals surface area contributed by atoms with Gasteiger partial charge in [-0.15, -0.1) is 0 Å². The zero-order chi connectivity index (χ0) is 17.0. The number of rotatable bonds is 5. The third-order valence-electron chi connectivity index (χ3n) is 3.65. The number of piperidine rings is 1. The number of nitro groups is 1. The van der Waals surface area contributed by atoms with Crippen LogP contribution < -0.4 is 11.1 Å². The Morgan fingerprint density at radius 1 is 1.43 bits per heavy atom. The van der Waals surface area contributed by atoms with Gasteiger partial charge in [0.1, 0.15) is 6.20 Å². The molecular weight excluding hydrogens is 317 g/mol. The first-order chi connectivity index (χ1) is 10.7. The number of anilines is 2. The van der Waals surface area contributed by atoms with Gasteiger partial charge < -0.3 is 11.1 Å². The standard InChI is InChI=1S/C12H17F3N6O2/c13-12(14,15)7-20-3-1-8(2-4-20)5-17-11-18-6-9(21(22)23)10(16)19-11/h6,8H,1-5,7H2,(H3,16,17,18,19). The van der Waals surface area contributed by atoms with E-state index in [1.165, 1.54) is 4.90 Å². The molecule has 3 N–H and O–H groups in total. The van der Waals surface area contributed by atoms with E-state index in [2.05, 4.69) is 15.3 Å². The van der Waals surface area contributed by atoms with Crippen LogP contribution in [0.15, 0.2) is 6.20 Å². The molecule has 1 saturated heterocycles. The van der Waals surface area contributed by atoms with Crippen molar-refractivity contribution < 1.29 is 18.1 Å². The number of hydrogen-bond donors (Lipinski definition) is 2. The second-order valence-corrected chi connectivity index (χ2v) is 5.44. The second kappa shape index (κ2) is 6.94. The van der Waals surface area contributed by atoms with Crippen molar-refractivity contribution >= 4 is 17.5 Å². The number of hydrogen-bond acceptors (Lipinski definition) is 7. The molecule has 1 aromatic heterocycles. The summed E-state index contributed by atoms with van der Waals surface area (Å²) in [6, 6.07) is 0. The number of alkyl halides is 3. The monoisotopic (exact) mass is 334 g/mol. The summed E-state index contributed by atoms with van der Waals surface area (Å²) in [5.41, 5.74) is 5.10. The lowest BCUT2D eigenvalue weighted by Crippen LogP contribution is -2.41. The summed E-state index contributed by atoms with van der Waals surface area (Å²) in [6.07, 6.45) is -1.89. The van der Waals surface area contributed by atoms with E-state index in [0.29, 0.717) is 32.5 Å². The average molecular weight is 334 g/mol. The number of halogens is 3. The van der Waals surface area contributed by atoms with Crippen molar-refractivity contribution in [2.24, 2.45) is 5.92 Å². The van der Waals surface area contributed by atoms with Gasteiger partial charge in [-0.3, -0.25) is 15.0 Å². The lowest BCUT2D eigenvalue weighted by atomic mass is 9.97. The molecule has 0 aliphatic carbocycles. The fourth-order valence-electron chi connectivity index (χ4n) is 2.45. The van der Waals surface area contributed by atoms with Gasteiger partial charge in [-0.1, -0.05) is 0 Å². The van der Waals surface area contributed by atoms with E-state index in [-0.39, 0.29) is 23.4 Å². The molecular formula is C12H17F3N6O2. The van der Waals surface area contributed by atoms with E-state index < -0.39 is 17.6 Å². The molecule has 2 heterocycles. The Hall–Kier alpha value is -2.17. The number of likely N-dealkylation sites (tertiary alicyclic amines) is 1. The molecule has 0 atom stereocenters. The van der Waals surface area contributed by atoms with Gasteiger partial charge in [0, 0.05) is 6.54 Å². The molecule has 128 valence electrons. The van der Waals surface area contributed by atoms with Crippen LogP contribution in [0.3, 0.4) is 0 Å². The van der Waals surface area contributed by atoms with Gasteiger partial charge in [-0.05, 0) is 31.8 Å². The number of nitrogens with zero attached hydrogens (tertiary/aromatic N) is 4. The molecule has 11 heteroatoms. The Morgan fingerprint density at radius 2 is 2.09 bits per heavy atom. The molecule has 0 bridgehead atoms. The van der Waals surface area contributed by atoms with Crippen LogP contribution in [0.1, 0.15) is 12.8 Å². The van der Waals surface area contributed by atoms with Gasteiger partial charge in [0.25, 0.3) is 0 Å². The zero-order valence-corrected chi connectivity index (χ0v) is 12.2. The minimum atomic E-state index is -4.17. The minimum absolute atomic E-state index is 0.172. The van der Waals surface area contributed by atoms with Gasteiger partial charge >= 0.3 is 11.9 Å². The third kappa shape index (κ3) is 5.20.